The maximum Gasteiger partial charge on any atom is 0.389 e. The standard InChI is InChI=1S/C31H23ClF3N3O3/c32-23-10-6-9-21(28-36-25-11-4-5-12-26(25)37-28)27(23)20-14-13-19(17-22(20)30(40)41)29(39)38-24(15-16-31(33,34)35)18-7-2-1-3-8-18/h1-14,17,24H,15-16H2,(H,36,37)(H,38,39)(H,40,41)/t24-/m0/s1. The van der Waals surface area contributed by atoms with E-state index in [2.05, 4.69) is 15.3 Å². The zero-order valence-electron chi connectivity index (χ0n) is 21.4. The van der Waals surface area contributed by atoms with Crippen LogP contribution in [0.3, 0.4) is 0 Å². The van der Waals surface area contributed by atoms with Gasteiger partial charge in [0.15, 0.2) is 0 Å². The van der Waals surface area contributed by atoms with Crippen LogP contribution in [0.1, 0.15) is 45.2 Å². The Hall–Kier alpha value is -4.63. The van der Waals surface area contributed by atoms with Gasteiger partial charge < -0.3 is 15.4 Å². The van der Waals surface area contributed by atoms with Gasteiger partial charge in [-0.25, -0.2) is 9.78 Å². The second kappa shape index (κ2) is 11.5. The van der Waals surface area contributed by atoms with Crippen LogP contribution in [0, 0.1) is 0 Å². The molecule has 6 nitrogen and oxygen atoms in total. The molecule has 5 rings (SSSR count). The van der Waals surface area contributed by atoms with Crippen molar-refractivity contribution in [3.05, 3.63) is 113 Å². The fourth-order valence-corrected chi connectivity index (χ4v) is 4.99. The molecule has 10 heteroatoms. The number of nitrogens with one attached hydrogen (secondary N) is 2. The Balaban J connectivity index is 1.52. The van der Waals surface area contributed by atoms with Crippen LogP contribution in [0.4, 0.5) is 13.2 Å². The van der Waals surface area contributed by atoms with E-state index in [1.54, 1.807) is 48.5 Å². The highest BCUT2D eigenvalue weighted by molar-refractivity contribution is 6.34. The van der Waals surface area contributed by atoms with Gasteiger partial charge in [0, 0.05) is 28.1 Å². The van der Waals surface area contributed by atoms with Crippen LogP contribution in [0.25, 0.3) is 33.5 Å². The van der Waals surface area contributed by atoms with E-state index in [4.69, 9.17) is 11.6 Å². The van der Waals surface area contributed by atoms with Crippen LogP contribution in [0.2, 0.25) is 5.02 Å². The van der Waals surface area contributed by atoms with Gasteiger partial charge in [0.1, 0.15) is 5.82 Å². The van der Waals surface area contributed by atoms with Gasteiger partial charge in [-0.3, -0.25) is 4.79 Å². The van der Waals surface area contributed by atoms with E-state index < -0.39 is 30.5 Å². The molecule has 0 saturated heterocycles. The second-order valence-corrected chi connectivity index (χ2v) is 9.83. The number of nitrogens with zero attached hydrogens (tertiary/aromatic N) is 1. The zero-order valence-corrected chi connectivity index (χ0v) is 22.1. The lowest BCUT2D eigenvalue weighted by Gasteiger charge is -2.21. The summed E-state index contributed by atoms with van der Waals surface area (Å²) in [6.45, 7) is 0. The monoisotopic (exact) mass is 577 g/mol. The predicted octanol–water partition coefficient (Wildman–Crippen LogP) is 8.06. The number of H-pyrrole nitrogens is 1. The number of hydrogen-bond donors (Lipinski definition) is 3. The lowest BCUT2D eigenvalue weighted by Crippen LogP contribution is -2.29. The molecule has 1 amide bonds. The van der Waals surface area contributed by atoms with Crippen molar-refractivity contribution in [3.63, 3.8) is 0 Å². The van der Waals surface area contributed by atoms with Crippen molar-refractivity contribution in [1.29, 1.82) is 0 Å². The molecule has 0 spiro atoms. The molecular weight excluding hydrogens is 555 g/mol. The molecule has 0 fully saturated rings. The number of benzene rings is 4. The number of carboxylic acid groups (broad SMARTS) is 1. The fraction of sp³-hybridized carbons (Fsp3) is 0.129. The topological polar surface area (TPSA) is 95.1 Å². The summed E-state index contributed by atoms with van der Waals surface area (Å²) in [6, 6.07) is 24.0. The maximum atomic E-state index is 13.2. The summed E-state index contributed by atoms with van der Waals surface area (Å²) in [7, 11) is 0. The molecular formula is C31H23ClF3N3O3. The summed E-state index contributed by atoms with van der Waals surface area (Å²) in [5.74, 6) is -1.52. The molecule has 1 heterocycles. The number of imidazole rings is 1. The number of carboxylic acids is 1. The van der Waals surface area contributed by atoms with Gasteiger partial charge in [0.2, 0.25) is 0 Å². The number of para-hydroxylation sites is 2. The molecule has 0 aliphatic heterocycles. The van der Waals surface area contributed by atoms with Gasteiger partial charge in [0.05, 0.1) is 22.6 Å². The zero-order chi connectivity index (χ0) is 29.1. The average molecular weight is 578 g/mol. The van der Waals surface area contributed by atoms with Gasteiger partial charge in [-0.15, -0.1) is 0 Å². The summed E-state index contributed by atoms with van der Waals surface area (Å²) in [5, 5.41) is 13.0. The fourth-order valence-electron chi connectivity index (χ4n) is 4.71. The van der Waals surface area contributed by atoms with Gasteiger partial charge >= 0.3 is 12.1 Å². The molecule has 5 aromatic rings. The highest BCUT2D eigenvalue weighted by atomic mass is 35.5. The molecule has 0 bridgehead atoms. The molecule has 0 aliphatic rings. The van der Waals surface area contributed by atoms with Crippen molar-refractivity contribution < 1.29 is 27.9 Å². The first-order valence-electron chi connectivity index (χ1n) is 12.6. The molecule has 41 heavy (non-hydrogen) atoms. The normalized spacial score (nSPS) is 12.3. The quantitative estimate of drug-likeness (QED) is 0.174. The number of alkyl halides is 3. The number of carbonyl (C=O) groups is 2. The molecule has 3 N–H and O–H groups in total. The summed E-state index contributed by atoms with van der Waals surface area (Å²) in [4.78, 5) is 33.5. The van der Waals surface area contributed by atoms with E-state index >= 15 is 0 Å². The first kappa shape index (κ1) is 27.9. The van der Waals surface area contributed by atoms with Gasteiger partial charge in [-0.2, -0.15) is 13.2 Å². The minimum atomic E-state index is -4.40. The SMILES string of the molecule is O=C(N[C@@H](CCC(F)(F)F)c1ccccc1)c1ccc(-c2c(Cl)cccc2-c2nc3ccccc3[nH]2)c(C(=O)O)c1. The number of amides is 1. The number of carbonyl (C=O) groups excluding carboxylic acids is 1. The summed E-state index contributed by atoms with van der Waals surface area (Å²) in [5.41, 5.74) is 3.02. The van der Waals surface area contributed by atoms with E-state index in [1.165, 1.54) is 18.2 Å². The van der Waals surface area contributed by atoms with Crippen LogP contribution in [-0.2, 0) is 0 Å². The molecule has 4 aromatic carbocycles. The van der Waals surface area contributed by atoms with Crippen molar-refractivity contribution in [2.45, 2.75) is 25.1 Å². The molecule has 1 aromatic heterocycles. The average Bonchev–Trinajstić information content (AvgIpc) is 3.39. The van der Waals surface area contributed by atoms with Gasteiger partial charge in [-0.05, 0) is 47.9 Å². The molecule has 1 atom stereocenters. The molecule has 0 aliphatic carbocycles. The summed E-state index contributed by atoms with van der Waals surface area (Å²) in [6.07, 6.45) is -5.87. The predicted molar refractivity (Wildman–Crippen MR) is 151 cm³/mol. The van der Waals surface area contributed by atoms with E-state index in [9.17, 15) is 27.9 Å². The van der Waals surface area contributed by atoms with E-state index in [0.29, 0.717) is 22.5 Å². The maximum absolute atomic E-state index is 13.2. The molecule has 208 valence electrons. The Bertz CT molecular complexity index is 1700. The number of rotatable bonds is 8. The van der Waals surface area contributed by atoms with Crippen LogP contribution in [0.5, 0.6) is 0 Å². The molecule has 0 unspecified atom stereocenters. The van der Waals surface area contributed by atoms with Gasteiger partial charge in [-0.1, -0.05) is 72.3 Å². The first-order chi connectivity index (χ1) is 19.6. The molecule has 0 saturated carbocycles. The summed E-state index contributed by atoms with van der Waals surface area (Å²) < 4.78 is 39.0. The third kappa shape index (κ3) is 6.25. The number of hydrogen-bond acceptors (Lipinski definition) is 3. The summed E-state index contributed by atoms with van der Waals surface area (Å²) >= 11 is 6.59. The van der Waals surface area contributed by atoms with Crippen LogP contribution < -0.4 is 5.32 Å². The van der Waals surface area contributed by atoms with Crippen LogP contribution in [0.15, 0.2) is 91.0 Å². The Kier molecular flexibility index (Phi) is 7.81. The van der Waals surface area contributed by atoms with Crippen LogP contribution >= 0.6 is 11.6 Å². The van der Waals surface area contributed by atoms with E-state index in [1.807, 2.05) is 24.3 Å². The minimum Gasteiger partial charge on any atom is -0.478 e. The highest BCUT2D eigenvalue weighted by Gasteiger charge is 2.30. The van der Waals surface area contributed by atoms with E-state index in [-0.39, 0.29) is 28.1 Å². The Morgan fingerprint density at radius 2 is 1.66 bits per heavy atom. The van der Waals surface area contributed by atoms with Gasteiger partial charge in [0.25, 0.3) is 5.91 Å². The highest BCUT2D eigenvalue weighted by Crippen LogP contribution is 2.39. The third-order valence-electron chi connectivity index (χ3n) is 6.66. The van der Waals surface area contributed by atoms with Crippen LogP contribution in [-0.4, -0.2) is 33.1 Å². The first-order valence-corrected chi connectivity index (χ1v) is 13.0. The number of aromatic carboxylic acids is 1. The minimum absolute atomic E-state index is 0.0172. The Morgan fingerprint density at radius 3 is 2.37 bits per heavy atom. The van der Waals surface area contributed by atoms with Crippen molar-refractivity contribution in [2.24, 2.45) is 0 Å². The third-order valence-corrected chi connectivity index (χ3v) is 6.98. The number of halogens is 4. The number of fused-ring (bicyclic) bond motifs is 1. The van der Waals surface area contributed by atoms with E-state index in [0.717, 1.165) is 11.0 Å². The number of aromatic amines is 1. The lowest BCUT2D eigenvalue weighted by molar-refractivity contribution is -0.136. The Labute approximate surface area is 237 Å². The smallest absolute Gasteiger partial charge is 0.389 e. The van der Waals surface area contributed by atoms with Crippen molar-refractivity contribution in [2.75, 3.05) is 0 Å². The van der Waals surface area contributed by atoms with Crippen molar-refractivity contribution >= 4 is 34.5 Å². The number of aromatic nitrogens is 2. The Morgan fingerprint density at radius 1 is 0.927 bits per heavy atom. The molecule has 0 radical (unpaired) electrons. The second-order valence-electron chi connectivity index (χ2n) is 9.42. The largest absolute Gasteiger partial charge is 0.478 e. The van der Waals surface area contributed by atoms with Crippen molar-refractivity contribution in [3.8, 4) is 22.5 Å². The lowest BCUT2D eigenvalue weighted by atomic mass is 9.93. The van der Waals surface area contributed by atoms with Crippen molar-refractivity contribution in [1.82, 2.24) is 15.3 Å².